The van der Waals surface area contributed by atoms with Crippen molar-refractivity contribution in [1.82, 2.24) is 9.78 Å². The molecule has 0 fully saturated rings. The minimum atomic E-state index is 0.112. The van der Waals surface area contributed by atoms with E-state index in [1.54, 1.807) is 10.9 Å². The average Bonchev–Trinajstić information content (AvgIpc) is 2.39. The van der Waals surface area contributed by atoms with E-state index in [4.69, 9.17) is 5.11 Å². The molecule has 0 aromatic carbocycles. The minimum Gasteiger partial charge on any atom is -0.394 e. The van der Waals surface area contributed by atoms with Crippen LogP contribution in [-0.4, -0.2) is 21.5 Å². The van der Waals surface area contributed by atoms with E-state index >= 15 is 0 Å². The molecule has 0 saturated heterocycles. The van der Waals surface area contributed by atoms with Gasteiger partial charge in [-0.3, -0.25) is 4.68 Å². The molecule has 0 spiro atoms. The molecule has 0 saturated carbocycles. The Balaban J connectivity index is 2.73. The highest BCUT2D eigenvalue weighted by Crippen LogP contribution is 2.13. The number of hydrogen-bond acceptors (Lipinski definition) is 2. The first-order chi connectivity index (χ1) is 5.27. The highest BCUT2D eigenvalue weighted by atomic mass is 79.9. The van der Waals surface area contributed by atoms with E-state index in [9.17, 15) is 0 Å². The van der Waals surface area contributed by atoms with Gasteiger partial charge >= 0.3 is 0 Å². The van der Waals surface area contributed by atoms with Crippen molar-refractivity contribution in [3.05, 3.63) is 16.9 Å². The highest BCUT2D eigenvalue weighted by Gasteiger charge is 2.06. The van der Waals surface area contributed by atoms with Crippen LogP contribution in [0, 0.1) is 0 Å². The van der Waals surface area contributed by atoms with Gasteiger partial charge in [-0.25, -0.2) is 0 Å². The van der Waals surface area contributed by atoms with E-state index in [-0.39, 0.29) is 12.6 Å². The molecule has 0 amide bonds. The Kier molecular flexibility index (Phi) is 3.08. The zero-order chi connectivity index (χ0) is 8.27. The second-order valence-electron chi connectivity index (χ2n) is 2.38. The van der Waals surface area contributed by atoms with Crippen LogP contribution >= 0.6 is 15.9 Å². The zero-order valence-corrected chi connectivity index (χ0v) is 7.95. The zero-order valence-electron chi connectivity index (χ0n) is 6.37. The number of aliphatic hydroxyl groups excluding tert-OH is 1. The minimum absolute atomic E-state index is 0.112. The van der Waals surface area contributed by atoms with Crippen LogP contribution in [-0.2, 0) is 0 Å². The summed E-state index contributed by atoms with van der Waals surface area (Å²) in [5.41, 5.74) is 0. The third-order valence-electron chi connectivity index (χ3n) is 1.63. The Morgan fingerprint density at radius 1 is 1.82 bits per heavy atom. The van der Waals surface area contributed by atoms with Crippen molar-refractivity contribution < 1.29 is 5.11 Å². The van der Waals surface area contributed by atoms with Crippen molar-refractivity contribution in [3.8, 4) is 0 Å². The summed E-state index contributed by atoms with van der Waals surface area (Å²) in [7, 11) is 0. The summed E-state index contributed by atoms with van der Waals surface area (Å²) in [6.45, 7) is 2.17. The van der Waals surface area contributed by atoms with Gasteiger partial charge in [0.15, 0.2) is 0 Å². The fourth-order valence-electron chi connectivity index (χ4n) is 0.914. The predicted molar refractivity (Wildman–Crippen MR) is 46.3 cm³/mol. The Morgan fingerprint density at radius 3 is 2.91 bits per heavy atom. The Hall–Kier alpha value is -0.350. The van der Waals surface area contributed by atoms with Crippen molar-refractivity contribution in [3.63, 3.8) is 0 Å². The van der Waals surface area contributed by atoms with Crippen LogP contribution in [0.3, 0.4) is 0 Å². The summed E-state index contributed by atoms with van der Waals surface area (Å²) in [6, 6.07) is 0.112. The summed E-state index contributed by atoms with van der Waals surface area (Å²) in [4.78, 5) is 0. The third-order valence-corrected chi connectivity index (χ3v) is 2.04. The van der Waals surface area contributed by atoms with Gasteiger partial charge in [0, 0.05) is 6.20 Å². The third kappa shape index (κ3) is 2.04. The van der Waals surface area contributed by atoms with E-state index in [0.29, 0.717) is 0 Å². The van der Waals surface area contributed by atoms with Crippen LogP contribution in [0.4, 0.5) is 0 Å². The second-order valence-corrected chi connectivity index (χ2v) is 3.30. The second kappa shape index (κ2) is 3.88. The van der Waals surface area contributed by atoms with Gasteiger partial charge in [-0.1, -0.05) is 6.92 Å². The van der Waals surface area contributed by atoms with Crippen LogP contribution in [0.2, 0.25) is 0 Å². The van der Waals surface area contributed by atoms with Gasteiger partial charge in [0.1, 0.15) is 0 Å². The number of aromatic nitrogens is 2. The fraction of sp³-hybridized carbons (Fsp3) is 0.571. The Labute approximate surface area is 74.2 Å². The van der Waals surface area contributed by atoms with Gasteiger partial charge in [0.2, 0.25) is 0 Å². The number of rotatable bonds is 3. The summed E-state index contributed by atoms with van der Waals surface area (Å²) < 4.78 is 2.72. The standard InChI is InChI=1S/C7H11BrN2O/c1-2-7(5-11)10-4-6(8)3-9-10/h3-4,7,11H,2,5H2,1H3. The largest absolute Gasteiger partial charge is 0.394 e. The molecule has 1 N–H and O–H groups in total. The van der Waals surface area contributed by atoms with Crippen LogP contribution in [0.15, 0.2) is 16.9 Å². The number of aliphatic hydroxyl groups is 1. The predicted octanol–water partition coefficient (Wildman–Crippen LogP) is 1.59. The monoisotopic (exact) mass is 218 g/mol. The molecule has 0 aliphatic rings. The van der Waals surface area contributed by atoms with Crippen molar-refractivity contribution in [2.45, 2.75) is 19.4 Å². The molecule has 3 nitrogen and oxygen atoms in total. The average molecular weight is 219 g/mol. The van der Waals surface area contributed by atoms with Crippen LogP contribution in [0.25, 0.3) is 0 Å². The molecule has 0 aliphatic carbocycles. The Morgan fingerprint density at radius 2 is 2.55 bits per heavy atom. The molecule has 1 aromatic rings. The van der Waals surface area contributed by atoms with Crippen LogP contribution in [0.5, 0.6) is 0 Å². The first-order valence-corrected chi connectivity index (χ1v) is 4.37. The molecule has 1 aromatic heterocycles. The van der Waals surface area contributed by atoms with Gasteiger partial charge in [-0.2, -0.15) is 5.10 Å². The first kappa shape index (κ1) is 8.74. The van der Waals surface area contributed by atoms with Crippen LogP contribution in [0.1, 0.15) is 19.4 Å². The summed E-state index contributed by atoms with van der Waals surface area (Å²) in [5, 5.41) is 13.0. The van der Waals surface area contributed by atoms with Crippen molar-refractivity contribution in [2.24, 2.45) is 0 Å². The van der Waals surface area contributed by atoms with Gasteiger partial charge in [0.05, 0.1) is 23.3 Å². The fourth-order valence-corrected chi connectivity index (χ4v) is 1.22. The van der Waals surface area contributed by atoms with Gasteiger partial charge in [0.25, 0.3) is 0 Å². The smallest absolute Gasteiger partial charge is 0.0747 e. The maximum atomic E-state index is 8.91. The van der Waals surface area contributed by atoms with Crippen molar-refractivity contribution in [2.75, 3.05) is 6.61 Å². The van der Waals surface area contributed by atoms with E-state index in [1.165, 1.54) is 0 Å². The Bertz CT molecular complexity index is 220. The molecular weight excluding hydrogens is 208 g/mol. The van der Waals surface area contributed by atoms with Gasteiger partial charge in [-0.05, 0) is 22.4 Å². The number of hydrogen-bond donors (Lipinski definition) is 1. The lowest BCUT2D eigenvalue weighted by molar-refractivity contribution is 0.214. The summed E-state index contributed by atoms with van der Waals surface area (Å²) >= 11 is 3.29. The molecule has 0 aliphatic heterocycles. The molecule has 1 heterocycles. The lowest BCUT2D eigenvalue weighted by Gasteiger charge is -2.10. The van der Waals surface area contributed by atoms with E-state index < -0.39 is 0 Å². The lowest BCUT2D eigenvalue weighted by Crippen LogP contribution is -2.12. The van der Waals surface area contributed by atoms with E-state index in [2.05, 4.69) is 21.0 Å². The highest BCUT2D eigenvalue weighted by molar-refractivity contribution is 9.10. The molecule has 0 bridgehead atoms. The van der Waals surface area contributed by atoms with E-state index in [1.807, 2.05) is 13.1 Å². The molecule has 1 rings (SSSR count). The molecule has 4 heteroatoms. The molecule has 11 heavy (non-hydrogen) atoms. The number of nitrogens with zero attached hydrogens (tertiary/aromatic N) is 2. The molecule has 62 valence electrons. The van der Waals surface area contributed by atoms with E-state index in [0.717, 1.165) is 10.9 Å². The maximum Gasteiger partial charge on any atom is 0.0747 e. The van der Waals surface area contributed by atoms with Crippen LogP contribution < -0.4 is 0 Å². The number of halogens is 1. The summed E-state index contributed by atoms with van der Waals surface area (Å²) in [6.07, 6.45) is 4.48. The van der Waals surface area contributed by atoms with Gasteiger partial charge in [-0.15, -0.1) is 0 Å². The van der Waals surface area contributed by atoms with Gasteiger partial charge < -0.3 is 5.11 Å². The quantitative estimate of drug-likeness (QED) is 0.838. The van der Waals surface area contributed by atoms with Crippen molar-refractivity contribution >= 4 is 15.9 Å². The molecule has 0 radical (unpaired) electrons. The topological polar surface area (TPSA) is 38.0 Å². The molecular formula is C7H11BrN2O. The first-order valence-electron chi connectivity index (χ1n) is 3.58. The van der Waals surface area contributed by atoms with Crippen molar-refractivity contribution in [1.29, 1.82) is 0 Å². The SMILES string of the molecule is CCC(CO)n1cc(Br)cn1. The summed E-state index contributed by atoms with van der Waals surface area (Å²) in [5.74, 6) is 0. The maximum absolute atomic E-state index is 8.91. The lowest BCUT2D eigenvalue weighted by atomic mass is 10.2. The molecule has 1 atom stereocenters. The molecule has 1 unspecified atom stereocenters. The normalized spacial score (nSPS) is 13.4.